The Morgan fingerprint density at radius 2 is 1.85 bits per heavy atom. The maximum absolute atomic E-state index is 12.3. The van der Waals surface area contributed by atoms with E-state index in [2.05, 4.69) is 4.72 Å². The Morgan fingerprint density at radius 3 is 2.45 bits per heavy atom. The van der Waals surface area contributed by atoms with Gasteiger partial charge in [0, 0.05) is 18.6 Å². The van der Waals surface area contributed by atoms with Crippen LogP contribution in [0.4, 0.5) is 5.69 Å². The number of aliphatic hydroxyl groups is 1. The van der Waals surface area contributed by atoms with Crippen molar-refractivity contribution in [3.63, 3.8) is 0 Å². The SMILES string of the molecule is Nc1ccccc1S(=O)(=O)NCC1(CO)CCCCC1. The minimum atomic E-state index is -3.62. The predicted octanol–water partition coefficient (Wildman–Crippen LogP) is 1.49. The zero-order valence-electron chi connectivity index (χ0n) is 11.5. The van der Waals surface area contributed by atoms with Gasteiger partial charge < -0.3 is 10.8 Å². The van der Waals surface area contributed by atoms with Gasteiger partial charge in [-0.2, -0.15) is 0 Å². The Hall–Kier alpha value is -1.11. The Bertz CT molecular complexity index is 551. The summed E-state index contributed by atoms with van der Waals surface area (Å²) in [5, 5.41) is 9.60. The number of para-hydroxylation sites is 1. The number of nitrogens with two attached hydrogens (primary N) is 1. The molecule has 0 aromatic heterocycles. The van der Waals surface area contributed by atoms with Gasteiger partial charge in [-0.25, -0.2) is 13.1 Å². The summed E-state index contributed by atoms with van der Waals surface area (Å²) in [7, 11) is -3.62. The van der Waals surface area contributed by atoms with Crippen molar-refractivity contribution in [2.45, 2.75) is 37.0 Å². The fourth-order valence-corrected chi connectivity index (χ4v) is 4.03. The van der Waals surface area contributed by atoms with Crippen LogP contribution in [0.1, 0.15) is 32.1 Å². The lowest BCUT2D eigenvalue weighted by Crippen LogP contribution is -2.41. The van der Waals surface area contributed by atoms with Crippen LogP contribution in [0.15, 0.2) is 29.2 Å². The predicted molar refractivity (Wildman–Crippen MR) is 78.6 cm³/mol. The van der Waals surface area contributed by atoms with E-state index in [1.54, 1.807) is 18.2 Å². The molecule has 0 saturated heterocycles. The average Bonchev–Trinajstić information content (AvgIpc) is 2.47. The highest BCUT2D eigenvalue weighted by molar-refractivity contribution is 7.89. The van der Waals surface area contributed by atoms with Gasteiger partial charge in [-0.3, -0.25) is 0 Å². The van der Waals surface area contributed by atoms with Crippen LogP contribution in [-0.4, -0.2) is 26.7 Å². The van der Waals surface area contributed by atoms with Crippen LogP contribution >= 0.6 is 0 Å². The van der Waals surface area contributed by atoms with E-state index in [0.29, 0.717) is 0 Å². The summed E-state index contributed by atoms with van der Waals surface area (Å²) in [6.07, 6.45) is 4.94. The maximum atomic E-state index is 12.3. The van der Waals surface area contributed by atoms with E-state index in [-0.39, 0.29) is 29.1 Å². The lowest BCUT2D eigenvalue weighted by molar-refractivity contribution is 0.0867. The van der Waals surface area contributed by atoms with Gasteiger partial charge in [0.2, 0.25) is 10.0 Å². The first-order valence-electron chi connectivity index (χ1n) is 6.94. The minimum absolute atomic E-state index is 0.0137. The number of nitrogens with one attached hydrogen (secondary N) is 1. The van der Waals surface area contributed by atoms with Crippen molar-refractivity contribution in [1.29, 1.82) is 0 Å². The van der Waals surface area contributed by atoms with Crippen LogP contribution in [0.2, 0.25) is 0 Å². The molecule has 1 aliphatic rings. The number of nitrogen functional groups attached to an aromatic ring is 1. The molecular formula is C14H22N2O3S. The van der Waals surface area contributed by atoms with Gasteiger partial charge in [0.25, 0.3) is 0 Å². The van der Waals surface area contributed by atoms with Gasteiger partial charge in [0.1, 0.15) is 4.90 Å². The van der Waals surface area contributed by atoms with Gasteiger partial charge >= 0.3 is 0 Å². The number of anilines is 1. The molecule has 1 aromatic rings. The molecule has 20 heavy (non-hydrogen) atoms. The van der Waals surface area contributed by atoms with E-state index < -0.39 is 10.0 Å². The second-order valence-corrected chi connectivity index (χ2v) is 7.32. The molecule has 1 saturated carbocycles. The highest BCUT2D eigenvalue weighted by atomic mass is 32.2. The number of rotatable bonds is 5. The third-order valence-electron chi connectivity index (χ3n) is 4.10. The van der Waals surface area contributed by atoms with Crippen molar-refractivity contribution in [3.8, 4) is 0 Å². The Labute approximate surface area is 120 Å². The van der Waals surface area contributed by atoms with Crippen LogP contribution in [0, 0.1) is 5.41 Å². The molecule has 1 aliphatic carbocycles. The molecule has 0 bridgehead atoms. The molecule has 1 aromatic carbocycles. The lowest BCUT2D eigenvalue weighted by atomic mass is 9.75. The van der Waals surface area contributed by atoms with Crippen molar-refractivity contribution in [2.75, 3.05) is 18.9 Å². The minimum Gasteiger partial charge on any atom is -0.398 e. The molecule has 0 amide bonds. The smallest absolute Gasteiger partial charge is 0.242 e. The quantitative estimate of drug-likeness (QED) is 0.718. The number of hydrogen-bond donors (Lipinski definition) is 3. The molecule has 0 radical (unpaired) electrons. The van der Waals surface area contributed by atoms with E-state index in [1.807, 2.05) is 0 Å². The van der Waals surface area contributed by atoms with E-state index in [4.69, 9.17) is 5.73 Å². The summed E-state index contributed by atoms with van der Waals surface area (Å²) in [6.45, 7) is 0.278. The second kappa shape index (κ2) is 6.11. The third-order valence-corrected chi connectivity index (χ3v) is 5.57. The third kappa shape index (κ3) is 3.31. The van der Waals surface area contributed by atoms with Gasteiger partial charge in [-0.1, -0.05) is 31.4 Å². The Morgan fingerprint density at radius 1 is 1.20 bits per heavy atom. The van der Waals surface area contributed by atoms with E-state index in [9.17, 15) is 13.5 Å². The summed E-state index contributed by atoms with van der Waals surface area (Å²) in [6, 6.07) is 6.40. The summed E-state index contributed by atoms with van der Waals surface area (Å²) in [5.74, 6) is 0. The number of benzene rings is 1. The van der Waals surface area contributed by atoms with Crippen LogP contribution in [-0.2, 0) is 10.0 Å². The van der Waals surface area contributed by atoms with E-state index in [1.165, 1.54) is 6.07 Å². The van der Waals surface area contributed by atoms with Crippen LogP contribution < -0.4 is 10.5 Å². The zero-order valence-corrected chi connectivity index (χ0v) is 12.3. The van der Waals surface area contributed by atoms with Crippen LogP contribution in [0.5, 0.6) is 0 Å². The number of sulfonamides is 1. The first-order chi connectivity index (χ1) is 9.49. The molecule has 0 unspecified atom stereocenters. The van der Waals surface area contributed by atoms with Crippen molar-refractivity contribution in [1.82, 2.24) is 4.72 Å². The molecule has 6 heteroatoms. The van der Waals surface area contributed by atoms with Crippen molar-refractivity contribution >= 4 is 15.7 Å². The molecule has 0 heterocycles. The number of hydrogen-bond acceptors (Lipinski definition) is 4. The zero-order chi connectivity index (χ0) is 14.6. The molecule has 5 nitrogen and oxygen atoms in total. The largest absolute Gasteiger partial charge is 0.398 e. The van der Waals surface area contributed by atoms with E-state index >= 15 is 0 Å². The summed E-state index contributed by atoms with van der Waals surface area (Å²) in [5.41, 5.74) is 5.63. The van der Waals surface area contributed by atoms with Crippen LogP contribution in [0.25, 0.3) is 0 Å². The summed E-state index contributed by atoms with van der Waals surface area (Å²) >= 11 is 0. The van der Waals surface area contributed by atoms with Crippen LogP contribution in [0.3, 0.4) is 0 Å². The molecule has 2 rings (SSSR count). The summed E-state index contributed by atoms with van der Waals surface area (Å²) < 4.78 is 27.2. The van der Waals surface area contributed by atoms with E-state index in [0.717, 1.165) is 32.1 Å². The van der Waals surface area contributed by atoms with Gasteiger partial charge in [-0.15, -0.1) is 0 Å². The molecule has 0 atom stereocenters. The molecule has 1 fully saturated rings. The van der Waals surface area contributed by atoms with Gasteiger partial charge in [0.05, 0.1) is 5.69 Å². The highest BCUT2D eigenvalue weighted by Crippen LogP contribution is 2.35. The standard InChI is InChI=1S/C14H22N2O3S/c15-12-6-2-3-7-13(12)20(18,19)16-10-14(11-17)8-4-1-5-9-14/h2-3,6-7,16-17H,1,4-5,8-11,15H2. The Kier molecular flexibility index (Phi) is 4.67. The first kappa shape index (κ1) is 15.3. The second-order valence-electron chi connectivity index (χ2n) is 5.58. The first-order valence-corrected chi connectivity index (χ1v) is 8.42. The molecule has 112 valence electrons. The molecule has 4 N–H and O–H groups in total. The maximum Gasteiger partial charge on any atom is 0.242 e. The van der Waals surface area contributed by atoms with Gasteiger partial charge in [0.15, 0.2) is 0 Å². The molecule has 0 aliphatic heterocycles. The average molecular weight is 298 g/mol. The fourth-order valence-electron chi connectivity index (χ4n) is 2.74. The Balaban J connectivity index is 2.11. The normalized spacial score (nSPS) is 18.9. The lowest BCUT2D eigenvalue weighted by Gasteiger charge is -2.35. The van der Waals surface area contributed by atoms with Crippen molar-refractivity contribution in [2.24, 2.45) is 5.41 Å². The summed E-state index contributed by atoms with van der Waals surface area (Å²) in [4.78, 5) is 0.101. The highest BCUT2D eigenvalue weighted by Gasteiger charge is 2.33. The molecular weight excluding hydrogens is 276 g/mol. The number of aliphatic hydroxyl groups excluding tert-OH is 1. The van der Waals surface area contributed by atoms with Crippen molar-refractivity contribution < 1.29 is 13.5 Å². The van der Waals surface area contributed by atoms with Gasteiger partial charge in [-0.05, 0) is 25.0 Å². The monoisotopic (exact) mass is 298 g/mol. The van der Waals surface area contributed by atoms with Crippen molar-refractivity contribution in [3.05, 3.63) is 24.3 Å². The fraction of sp³-hybridized carbons (Fsp3) is 0.571. The molecule has 0 spiro atoms. The topological polar surface area (TPSA) is 92.4 Å².